The number of benzene rings is 4. The third-order valence-electron chi connectivity index (χ3n) is 10.4. The largest absolute Gasteiger partial charge is 0.508 e. The molecule has 2 amide bonds. The Bertz CT molecular complexity index is 2210. The van der Waals surface area contributed by atoms with Crippen LogP contribution in [0.1, 0.15) is 79.6 Å². The molecule has 13 heteroatoms. The first-order chi connectivity index (χ1) is 29.7. The van der Waals surface area contributed by atoms with Crippen molar-refractivity contribution in [3.63, 3.8) is 0 Å². The zero-order valence-corrected chi connectivity index (χ0v) is 35.2. The Balaban J connectivity index is 1.24. The second-order valence-electron chi connectivity index (χ2n) is 16.4. The van der Waals surface area contributed by atoms with Crippen LogP contribution in [0, 0.1) is 0 Å². The fraction of sp³-hybridized carbons (Fsp3) is 0.347. The van der Waals surface area contributed by atoms with Crippen LogP contribution in [0.15, 0.2) is 127 Å². The van der Waals surface area contributed by atoms with Gasteiger partial charge in [0.25, 0.3) is 0 Å². The average molecular weight is 847 g/mol. The molecule has 326 valence electrons. The highest BCUT2D eigenvalue weighted by Crippen LogP contribution is 2.47. The van der Waals surface area contributed by atoms with Crippen LogP contribution in [-0.2, 0) is 45.5 Å². The zero-order valence-electron chi connectivity index (χ0n) is 35.2. The highest BCUT2D eigenvalue weighted by Gasteiger charge is 2.55. The van der Waals surface area contributed by atoms with Gasteiger partial charge in [-0.15, -0.1) is 0 Å². The van der Waals surface area contributed by atoms with Crippen molar-refractivity contribution < 1.29 is 53.4 Å². The molecule has 6 unspecified atom stereocenters. The summed E-state index contributed by atoms with van der Waals surface area (Å²) in [6, 6.07) is 30.2. The highest BCUT2D eigenvalue weighted by molar-refractivity contribution is 5.98. The van der Waals surface area contributed by atoms with E-state index in [1.54, 1.807) is 57.2 Å². The minimum atomic E-state index is -1.46. The lowest BCUT2D eigenvalue weighted by Gasteiger charge is -2.32. The molecule has 0 bridgehead atoms. The summed E-state index contributed by atoms with van der Waals surface area (Å²) in [7, 11) is 0. The number of allylic oxidation sites excluding steroid dienone is 1. The van der Waals surface area contributed by atoms with Crippen LogP contribution in [0.5, 0.6) is 5.75 Å². The van der Waals surface area contributed by atoms with Crippen LogP contribution >= 0.6 is 0 Å². The molecule has 0 radical (unpaired) electrons. The second kappa shape index (κ2) is 20.2. The van der Waals surface area contributed by atoms with E-state index in [2.05, 4.69) is 10.6 Å². The molecule has 1 heterocycles. The lowest BCUT2D eigenvalue weighted by Crippen LogP contribution is -2.55. The van der Waals surface area contributed by atoms with Crippen LogP contribution in [0.25, 0.3) is 6.08 Å². The number of carbonyl (C=O) groups excluding carboxylic acids is 4. The van der Waals surface area contributed by atoms with Crippen molar-refractivity contribution in [1.82, 2.24) is 10.6 Å². The van der Waals surface area contributed by atoms with Crippen molar-refractivity contribution in [2.24, 2.45) is 0 Å². The first kappa shape index (κ1) is 45.4. The number of phenolic OH excluding ortho intramolecular Hbond substituents is 1. The Hall–Kier alpha value is -6.12. The van der Waals surface area contributed by atoms with E-state index in [-0.39, 0.29) is 36.1 Å². The summed E-state index contributed by atoms with van der Waals surface area (Å²) in [5.41, 5.74) is 2.48. The van der Waals surface area contributed by atoms with E-state index in [4.69, 9.17) is 18.9 Å². The number of hydrogen-bond donors (Lipinski definition) is 5. The summed E-state index contributed by atoms with van der Waals surface area (Å²) in [5, 5.41) is 36.1. The average Bonchev–Trinajstić information content (AvgIpc) is 3.66. The quantitative estimate of drug-likeness (QED) is 0.0877. The molecule has 1 fully saturated rings. The van der Waals surface area contributed by atoms with E-state index in [0.717, 1.165) is 11.1 Å². The molecule has 0 saturated carbocycles. The van der Waals surface area contributed by atoms with E-state index in [9.17, 15) is 34.5 Å². The molecule has 0 aromatic heterocycles. The number of esters is 2. The Morgan fingerprint density at radius 1 is 0.887 bits per heavy atom. The Kier molecular flexibility index (Phi) is 14.8. The van der Waals surface area contributed by atoms with Crippen LogP contribution < -0.4 is 10.6 Å². The van der Waals surface area contributed by atoms with Crippen molar-refractivity contribution in [2.75, 3.05) is 6.61 Å². The third kappa shape index (κ3) is 11.4. The molecule has 0 spiro atoms. The summed E-state index contributed by atoms with van der Waals surface area (Å²) in [4.78, 5) is 54.0. The summed E-state index contributed by atoms with van der Waals surface area (Å²) in [6.45, 7) is 6.03. The van der Waals surface area contributed by atoms with Gasteiger partial charge in [-0.25, -0.2) is 4.79 Å². The van der Waals surface area contributed by atoms with Gasteiger partial charge in [0, 0.05) is 29.5 Å². The van der Waals surface area contributed by atoms with E-state index in [1.165, 1.54) is 6.92 Å². The first-order valence-electron chi connectivity index (χ1n) is 20.7. The minimum absolute atomic E-state index is 0.0538. The van der Waals surface area contributed by atoms with Gasteiger partial charge in [0.05, 0.1) is 24.3 Å². The number of ether oxygens (including phenoxy) is 4. The van der Waals surface area contributed by atoms with Crippen molar-refractivity contribution in [3.05, 3.63) is 155 Å². The number of hydrogen-bond acceptors (Lipinski definition) is 11. The number of aromatic hydroxyl groups is 1. The van der Waals surface area contributed by atoms with Crippen molar-refractivity contribution in [2.45, 2.75) is 101 Å². The van der Waals surface area contributed by atoms with Gasteiger partial charge < -0.3 is 44.9 Å². The molecule has 62 heavy (non-hydrogen) atoms. The molecule has 1 aliphatic carbocycles. The van der Waals surface area contributed by atoms with Crippen LogP contribution in [0.2, 0.25) is 0 Å². The van der Waals surface area contributed by atoms with Gasteiger partial charge in [0.15, 0.2) is 0 Å². The third-order valence-corrected chi connectivity index (χ3v) is 10.4. The van der Waals surface area contributed by atoms with Gasteiger partial charge in [-0.3, -0.25) is 14.4 Å². The lowest BCUT2D eigenvalue weighted by atomic mass is 9.91. The van der Waals surface area contributed by atoms with Gasteiger partial charge in [-0.2, -0.15) is 0 Å². The summed E-state index contributed by atoms with van der Waals surface area (Å²) in [5.74, 6) is -3.95. The standard InChI is InChI=1S/C49H54N2O11/c1-31(53)43(46(57)50-38(30-52)25-26-42(55)61-48(2,3)4)51-45(56)35-28-40(59-47(58)34-19-14-16-32(27-34)15-13-18-33-17-11-12-24-39(33)54)44-41(29-35)60-49(62-44,36-20-7-5-8-21-36)37-22-9-6-10-23-37/h5-17,19-24,27,29,31,38,40-41,43-44,52-54H,18,25-26,28,30H2,1-4H3,(H,50,57)(H,51,56). The fourth-order valence-electron chi connectivity index (χ4n) is 7.40. The Morgan fingerprint density at radius 3 is 2.18 bits per heavy atom. The fourth-order valence-corrected chi connectivity index (χ4v) is 7.40. The van der Waals surface area contributed by atoms with E-state index in [1.807, 2.05) is 91.0 Å². The zero-order chi connectivity index (χ0) is 44.4. The van der Waals surface area contributed by atoms with Crippen molar-refractivity contribution >= 4 is 29.8 Å². The number of rotatable bonds is 16. The van der Waals surface area contributed by atoms with Gasteiger partial charge in [-0.1, -0.05) is 103 Å². The number of nitrogens with one attached hydrogen (secondary N) is 2. The molecule has 4 aromatic rings. The maximum atomic E-state index is 14.1. The Morgan fingerprint density at radius 2 is 1.55 bits per heavy atom. The van der Waals surface area contributed by atoms with Crippen molar-refractivity contribution in [3.8, 4) is 5.75 Å². The number of aliphatic hydroxyl groups is 2. The number of phenols is 1. The number of carbonyl (C=O) groups is 4. The molecule has 2 aliphatic rings. The van der Waals surface area contributed by atoms with Gasteiger partial charge in [-0.05, 0) is 75.9 Å². The first-order valence-corrected chi connectivity index (χ1v) is 20.7. The summed E-state index contributed by atoms with van der Waals surface area (Å²) in [6.07, 6.45) is 1.38. The monoisotopic (exact) mass is 846 g/mol. The second-order valence-corrected chi connectivity index (χ2v) is 16.4. The number of fused-ring (bicyclic) bond motifs is 1. The molecule has 13 nitrogen and oxygen atoms in total. The molecule has 6 rings (SSSR count). The SMILES string of the molecule is CC(O)C(NC(=O)C1=CC2OC(c3ccccc3)(c3ccccc3)OC2C(OC(=O)c2cccc(C=CCc3ccccc3O)c2)C1)C(=O)NC(CO)CCC(=O)OC(C)(C)C. The van der Waals surface area contributed by atoms with Crippen LogP contribution in [0.4, 0.5) is 0 Å². The normalized spacial score (nSPS) is 19.6. The molecule has 5 N–H and O–H groups in total. The molecule has 6 atom stereocenters. The summed E-state index contributed by atoms with van der Waals surface area (Å²) < 4.78 is 25.2. The lowest BCUT2D eigenvalue weighted by molar-refractivity contribution is -0.157. The number of aliphatic hydroxyl groups excluding tert-OH is 2. The van der Waals surface area contributed by atoms with Gasteiger partial charge >= 0.3 is 11.9 Å². The van der Waals surface area contributed by atoms with Gasteiger partial charge in [0.2, 0.25) is 17.6 Å². The Labute approximate surface area is 361 Å². The number of amides is 2. The highest BCUT2D eigenvalue weighted by atomic mass is 16.8. The van der Waals surface area contributed by atoms with Crippen LogP contribution in [-0.4, -0.2) is 87.8 Å². The van der Waals surface area contributed by atoms with E-state index >= 15 is 0 Å². The predicted octanol–water partition coefficient (Wildman–Crippen LogP) is 5.65. The maximum absolute atomic E-state index is 14.1. The molecular weight excluding hydrogens is 793 g/mol. The van der Waals surface area contributed by atoms with Crippen molar-refractivity contribution in [1.29, 1.82) is 0 Å². The molecular formula is C49H54N2O11. The molecule has 1 saturated heterocycles. The van der Waals surface area contributed by atoms with Crippen LogP contribution in [0.3, 0.4) is 0 Å². The van der Waals surface area contributed by atoms with E-state index < -0.39 is 78.2 Å². The molecule has 4 aromatic carbocycles. The minimum Gasteiger partial charge on any atom is -0.508 e. The summed E-state index contributed by atoms with van der Waals surface area (Å²) >= 11 is 0. The number of para-hydroxylation sites is 1. The van der Waals surface area contributed by atoms with E-state index in [0.29, 0.717) is 17.5 Å². The predicted molar refractivity (Wildman–Crippen MR) is 230 cm³/mol. The maximum Gasteiger partial charge on any atom is 0.338 e. The van der Waals surface area contributed by atoms with Gasteiger partial charge in [0.1, 0.15) is 35.7 Å². The smallest absolute Gasteiger partial charge is 0.338 e. The topological polar surface area (TPSA) is 190 Å². The molecule has 1 aliphatic heterocycles.